The third kappa shape index (κ3) is 2.11. The van der Waals surface area contributed by atoms with E-state index in [4.69, 9.17) is 10.5 Å². The molecule has 21 heavy (non-hydrogen) atoms. The number of aliphatic carboxylic acids is 1. The monoisotopic (exact) mass is 290 g/mol. The molecule has 3 rings (SSSR count). The second-order valence-corrected chi connectivity index (χ2v) is 5.65. The Hall–Kier alpha value is -2.24. The van der Waals surface area contributed by atoms with Gasteiger partial charge in [-0.05, 0) is 31.4 Å². The molecule has 2 heterocycles. The molecule has 2 aliphatic heterocycles. The quantitative estimate of drug-likeness (QED) is 0.820. The molecule has 3 unspecified atom stereocenters. The molecular weight excluding hydrogens is 272 g/mol. The minimum atomic E-state index is -0.815. The fourth-order valence-electron chi connectivity index (χ4n) is 3.59. The molecule has 0 radical (unpaired) electrons. The molecule has 2 bridgehead atoms. The van der Waals surface area contributed by atoms with Crippen molar-refractivity contribution in [2.75, 3.05) is 12.8 Å². The van der Waals surface area contributed by atoms with Gasteiger partial charge in [0.1, 0.15) is 5.75 Å². The Kier molecular flexibility index (Phi) is 3.23. The standard InChI is InChI=1S/C15H18N2O4/c1-21-13-6-8(16)2-4-10(13)14(18)17-9-3-5-12(17)11(7-9)15(19)20/h2,4,6,9,11-12H,3,5,7,16H2,1H3,(H,19,20). The van der Waals surface area contributed by atoms with Gasteiger partial charge in [-0.1, -0.05) is 0 Å². The first-order chi connectivity index (χ1) is 10.0. The summed E-state index contributed by atoms with van der Waals surface area (Å²) in [4.78, 5) is 25.8. The number of benzene rings is 1. The van der Waals surface area contributed by atoms with Crippen molar-refractivity contribution in [3.05, 3.63) is 23.8 Å². The fraction of sp³-hybridized carbons (Fsp3) is 0.467. The van der Waals surface area contributed by atoms with Gasteiger partial charge in [-0.15, -0.1) is 0 Å². The summed E-state index contributed by atoms with van der Waals surface area (Å²) < 4.78 is 5.23. The van der Waals surface area contributed by atoms with Crippen LogP contribution in [0.15, 0.2) is 18.2 Å². The molecular formula is C15H18N2O4. The summed E-state index contributed by atoms with van der Waals surface area (Å²) in [5.41, 5.74) is 6.67. The fourth-order valence-corrected chi connectivity index (χ4v) is 3.59. The number of nitrogens with two attached hydrogens (primary N) is 1. The lowest BCUT2D eigenvalue weighted by atomic mass is 9.89. The minimum Gasteiger partial charge on any atom is -0.496 e. The number of hydrogen-bond acceptors (Lipinski definition) is 4. The van der Waals surface area contributed by atoms with E-state index in [0.717, 1.165) is 12.8 Å². The van der Waals surface area contributed by atoms with Crippen LogP contribution in [0.4, 0.5) is 5.69 Å². The molecule has 1 amide bonds. The Morgan fingerprint density at radius 1 is 1.38 bits per heavy atom. The van der Waals surface area contributed by atoms with Crippen LogP contribution in [0.5, 0.6) is 5.75 Å². The van der Waals surface area contributed by atoms with Crippen molar-refractivity contribution in [3.63, 3.8) is 0 Å². The highest BCUT2D eigenvalue weighted by Crippen LogP contribution is 2.43. The minimum absolute atomic E-state index is 0.0193. The molecule has 6 heteroatoms. The summed E-state index contributed by atoms with van der Waals surface area (Å²) in [5.74, 6) is -1.00. The largest absolute Gasteiger partial charge is 0.496 e. The molecule has 2 aliphatic rings. The Balaban J connectivity index is 1.91. The van der Waals surface area contributed by atoms with Crippen molar-refractivity contribution >= 4 is 17.6 Å². The van der Waals surface area contributed by atoms with Gasteiger partial charge in [-0.3, -0.25) is 9.59 Å². The molecule has 3 atom stereocenters. The van der Waals surface area contributed by atoms with Crippen LogP contribution in [0.1, 0.15) is 29.6 Å². The van der Waals surface area contributed by atoms with Crippen LogP contribution in [-0.4, -0.2) is 41.1 Å². The van der Waals surface area contributed by atoms with Crippen molar-refractivity contribution in [2.45, 2.75) is 31.3 Å². The van der Waals surface area contributed by atoms with Crippen LogP contribution in [0.3, 0.4) is 0 Å². The predicted molar refractivity (Wildman–Crippen MR) is 76.1 cm³/mol. The van der Waals surface area contributed by atoms with Crippen LogP contribution in [0.25, 0.3) is 0 Å². The number of rotatable bonds is 3. The predicted octanol–water partition coefficient (Wildman–Crippen LogP) is 1.36. The Morgan fingerprint density at radius 2 is 2.14 bits per heavy atom. The number of anilines is 1. The molecule has 3 N–H and O–H groups in total. The number of fused-ring (bicyclic) bond motifs is 2. The normalized spacial score (nSPS) is 26.9. The lowest BCUT2D eigenvalue weighted by Crippen LogP contribution is -2.38. The number of methoxy groups -OCH3 is 1. The number of amides is 1. The zero-order valence-electron chi connectivity index (χ0n) is 11.8. The molecule has 1 aromatic rings. The number of ether oxygens (including phenoxy) is 1. The van der Waals surface area contributed by atoms with Crippen LogP contribution in [0, 0.1) is 5.92 Å². The Labute approximate surface area is 122 Å². The lowest BCUT2D eigenvalue weighted by molar-refractivity contribution is -0.142. The SMILES string of the molecule is COc1cc(N)ccc1C(=O)N1C2CCC1C(C(=O)O)C2. The van der Waals surface area contributed by atoms with Gasteiger partial charge in [0, 0.05) is 23.8 Å². The summed E-state index contributed by atoms with van der Waals surface area (Å²) in [6.45, 7) is 0. The van der Waals surface area contributed by atoms with E-state index in [0.29, 0.717) is 23.4 Å². The zero-order valence-corrected chi connectivity index (χ0v) is 11.8. The molecule has 0 saturated carbocycles. The molecule has 2 fully saturated rings. The molecule has 0 aliphatic carbocycles. The Bertz CT molecular complexity index is 601. The first kappa shape index (κ1) is 13.7. The molecule has 2 saturated heterocycles. The van der Waals surface area contributed by atoms with Gasteiger partial charge in [0.2, 0.25) is 0 Å². The summed E-state index contributed by atoms with van der Waals surface area (Å²) in [6, 6.07) is 4.72. The number of hydrogen-bond donors (Lipinski definition) is 2. The highest BCUT2D eigenvalue weighted by atomic mass is 16.5. The number of carbonyl (C=O) groups excluding carboxylic acids is 1. The second kappa shape index (κ2) is 4.95. The molecule has 0 aromatic heterocycles. The zero-order chi connectivity index (χ0) is 15.1. The van der Waals surface area contributed by atoms with Crippen LogP contribution in [0.2, 0.25) is 0 Å². The molecule has 1 aromatic carbocycles. The van der Waals surface area contributed by atoms with E-state index in [-0.39, 0.29) is 18.0 Å². The van der Waals surface area contributed by atoms with Gasteiger partial charge < -0.3 is 20.5 Å². The van der Waals surface area contributed by atoms with Gasteiger partial charge in [0.05, 0.1) is 18.6 Å². The van der Waals surface area contributed by atoms with Crippen LogP contribution < -0.4 is 10.5 Å². The summed E-state index contributed by atoms with van der Waals surface area (Å²) in [6.07, 6.45) is 2.17. The van der Waals surface area contributed by atoms with Crippen molar-refractivity contribution in [2.24, 2.45) is 5.92 Å². The third-order valence-electron chi connectivity index (χ3n) is 4.54. The number of carboxylic acids is 1. The van der Waals surface area contributed by atoms with Crippen molar-refractivity contribution in [1.82, 2.24) is 4.90 Å². The number of carbonyl (C=O) groups is 2. The van der Waals surface area contributed by atoms with Gasteiger partial charge >= 0.3 is 5.97 Å². The smallest absolute Gasteiger partial charge is 0.308 e. The van der Waals surface area contributed by atoms with Gasteiger partial charge in [-0.2, -0.15) is 0 Å². The number of nitrogen functional groups attached to an aromatic ring is 1. The van der Waals surface area contributed by atoms with Crippen LogP contribution >= 0.6 is 0 Å². The maximum Gasteiger partial charge on any atom is 0.308 e. The summed E-state index contributed by atoms with van der Waals surface area (Å²) >= 11 is 0. The Morgan fingerprint density at radius 3 is 2.76 bits per heavy atom. The van der Waals surface area contributed by atoms with Gasteiger partial charge in [0.15, 0.2) is 0 Å². The first-order valence-electron chi connectivity index (χ1n) is 7.02. The van der Waals surface area contributed by atoms with Gasteiger partial charge in [0.25, 0.3) is 5.91 Å². The maximum absolute atomic E-state index is 12.8. The highest BCUT2D eigenvalue weighted by molar-refractivity contribution is 5.98. The second-order valence-electron chi connectivity index (χ2n) is 5.65. The molecule has 112 valence electrons. The van der Waals surface area contributed by atoms with Crippen molar-refractivity contribution < 1.29 is 19.4 Å². The van der Waals surface area contributed by atoms with E-state index in [1.165, 1.54) is 7.11 Å². The summed E-state index contributed by atoms with van der Waals surface area (Å²) in [5, 5.41) is 9.26. The topological polar surface area (TPSA) is 92.9 Å². The average molecular weight is 290 g/mol. The average Bonchev–Trinajstić information content (AvgIpc) is 3.04. The van der Waals surface area contributed by atoms with E-state index in [1.54, 1.807) is 23.1 Å². The third-order valence-corrected chi connectivity index (χ3v) is 4.54. The van der Waals surface area contributed by atoms with E-state index in [9.17, 15) is 14.7 Å². The van der Waals surface area contributed by atoms with E-state index >= 15 is 0 Å². The van der Waals surface area contributed by atoms with E-state index < -0.39 is 11.9 Å². The van der Waals surface area contributed by atoms with E-state index in [2.05, 4.69) is 0 Å². The number of nitrogens with zero attached hydrogens (tertiary/aromatic N) is 1. The molecule has 6 nitrogen and oxygen atoms in total. The van der Waals surface area contributed by atoms with Gasteiger partial charge in [-0.25, -0.2) is 0 Å². The maximum atomic E-state index is 12.8. The highest BCUT2D eigenvalue weighted by Gasteiger charge is 2.51. The van der Waals surface area contributed by atoms with Crippen LogP contribution in [-0.2, 0) is 4.79 Å². The summed E-state index contributed by atoms with van der Waals surface area (Å²) in [7, 11) is 1.49. The number of carboxylic acid groups (broad SMARTS) is 1. The molecule has 0 spiro atoms. The van der Waals surface area contributed by atoms with E-state index in [1.807, 2.05) is 0 Å². The first-order valence-corrected chi connectivity index (χ1v) is 7.02. The van der Waals surface area contributed by atoms with Crippen molar-refractivity contribution in [3.8, 4) is 5.75 Å². The lowest BCUT2D eigenvalue weighted by Gasteiger charge is -2.24. The van der Waals surface area contributed by atoms with Crippen molar-refractivity contribution in [1.29, 1.82) is 0 Å².